The second-order valence-electron chi connectivity index (χ2n) is 7.87. The van der Waals surface area contributed by atoms with Gasteiger partial charge in [-0.25, -0.2) is 9.67 Å². The Kier molecular flexibility index (Phi) is 3.55. The molecular weight excluding hydrogens is 332 g/mol. The van der Waals surface area contributed by atoms with Crippen LogP contribution in [-0.4, -0.2) is 56.0 Å². The number of hydrogen-bond acceptors (Lipinski definition) is 5. The van der Waals surface area contributed by atoms with Crippen molar-refractivity contribution in [3.05, 3.63) is 23.4 Å². The number of rotatable bonds is 5. The number of aromatic amines is 1. The lowest BCUT2D eigenvalue weighted by atomic mass is 9.91. The van der Waals surface area contributed by atoms with Crippen molar-refractivity contribution < 1.29 is 9.53 Å². The SMILES string of the molecule is COc1cc(C(=O)N2C[C@H](c3nc(C4CC4)n[nH]3)[C@@H](C3CC3)C2)nn1C. The monoisotopic (exact) mass is 356 g/mol. The number of H-pyrrole nitrogens is 1. The summed E-state index contributed by atoms with van der Waals surface area (Å²) in [5.41, 5.74) is 0.441. The molecule has 1 aliphatic heterocycles. The van der Waals surface area contributed by atoms with Gasteiger partial charge in [-0.2, -0.15) is 10.2 Å². The van der Waals surface area contributed by atoms with Crippen LogP contribution in [0.2, 0.25) is 0 Å². The molecule has 5 rings (SSSR count). The molecule has 0 bridgehead atoms. The Balaban J connectivity index is 1.37. The minimum atomic E-state index is -0.0287. The van der Waals surface area contributed by atoms with Crippen molar-refractivity contribution in [1.29, 1.82) is 0 Å². The smallest absolute Gasteiger partial charge is 0.274 e. The molecule has 0 radical (unpaired) electrons. The number of amides is 1. The van der Waals surface area contributed by atoms with E-state index in [0.717, 1.165) is 18.2 Å². The molecule has 8 nitrogen and oxygen atoms in total. The molecule has 2 aromatic heterocycles. The lowest BCUT2D eigenvalue weighted by Gasteiger charge is -2.14. The Morgan fingerprint density at radius 1 is 1.27 bits per heavy atom. The van der Waals surface area contributed by atoms with E-state index in [4.69, 9.17) is 9.72 Å². The van der Waals surface area contributed by atoms with Gasteiger partial charge in [-0.15, -0.1) is 0 Å². The largest absolute Gasteiger partial charge is 0.481 e. The van der Waals surface area contributed by atoms with Gasteiger partial charge in [-0.05, 0) is 37.5 Å². The molecule has 0 spiro atoms. The number of hydrogen-bond donors (Lipinski definition) is 1. The molecule has 138 valence electrons. The zero-order chi connectivity index (χ0) is 17.8. The molecule has 2 saturated carbocycles. The molecule has 3 aliphatic rings. The number of nitrogens with zero attached hydrogens (tertiary/aromatic N) is 5. The molecule has 1 amide bonds. The van der Waals surface area contributed by atoms with Gasteiger partial charge >= 0.3 is 0 Å². The predicted octanol–water partition coefficient (Wildman–Crippen LogP) is 1.69. The minimum absolute atomic E-state index is 0.0287. The number of likely N-dealkylation sites (tertiary alicyclic amines) is 1. The molecule has 2 aliphatic carbocycles. The fourth-order valence-corrected chi connectivity index (χ4v) is 4.17. The predicted molar refractivity (Wildman–Crippen MR) is 93.0 cm³/mol. The highest BCUT2D eigenvalue weighted by Crippen LogP contribution is 2.47. The molecular formula is C18H24N6O2. The first-order chi connectivity index (χ1) is 12.6. The summed E-state index contributed by atoms with van der Waals surface area (Å²) in [6.07, 6.45) is 4.90. The van der Waals surface area contributed by atoms with Crippen LogP contribution in [0, 0.1) is 11.8 Å². The van der Waals surface area contributed by atoms with Crippen LogP contribution >= 0.6 is 0 Å². The van der Waals surface area contributed by atoms with Crippen LogP contribution in [0.4, 0.5) is 0 Å². The van der Waals surface area contributed by atoms with Gasteiger partial charge in [-0.3, -0.25) is 9.89 Å². The van der Waals surface area contributed by atoms with E-state index in [1.165, 1.54) is 25.7 Å². The Labute approximate surface area is 151 Å². The van der Waals surface area contributed by atoms with E-state index in [1.807, 2.05) is 4.90 Å². The van der Waals surface area contributed by atoms with Gasteiger partial charge in [0.05, 0.1) is 7.11 Å². The van der Waals surface area contributed by atoms with Crippen LogP contribution in [0.3, 0.4) is 0 Å². The molecule has 26 heavy (non-hydrogen) atoms. The van der Waals surface area contributed by atoms with Crippen LogP contribution in [0.15, 0.2) is 6.07 Å². The summed E-state index contributed by atoms with van der Waals surface area (Å²) < 4.78 is 6.83. The van der Waals surface area contributed by atoms with Crippen LogP contribution in [0.25, 0.3) is 0 Å². The maximum Gasteiger partial charge on any atom is 0.274 e. The molecule has 3 fully saturated rings. The van der Waals surface area contributed by atoms with Gasteiger partial charge in [-0.1, -0.05) is 0 Å². The standard InChI is InChI=1S/C18H24N6O2/c1-23-15(26-2)7-14(22-23)18(25)24-8-12(10-3-4-10)13(9-24)17-19-16(20-21-17)11-5-6-11/h7,10-13H,3-6,8-9H2,1-2H3,(H,19,20,21)/t12-,13+/m1/s1. The number of aryl methyl sites for hydroxylation is 1. The molecule has 1 N–H and O–H groups in total. The second kappa shape index (κ2) is 5.82. The quantitative estimate of drug-likeness (QED) is 0.881. The van der Waals surface area contributed by atoms with Crippen molar-refractivity contribution in [2.75, 3.05) is 20.2 Å². The number of aromatic nitrogens is 5. The fraction of sp³-hybridized carbons (Fsp3) is 0.667. The van der Waals surface area contributed by atoms with E-state index in [2.05, 4.69) is 15.3 Å². The number of ether oxygens (including phenoxy) is 1. The normalized spacial score (nSPS) is 25.7. The van der Waals surface area contributed by atoms with Crippen molar-refractivity contribution in [2.45, 2.75) is 37.5 Å². The van der Waals surface area contributed by atoms with Crippen LogP contribution < -0.4 is 4.74 Å². The van der Waals surface area contributed by atoms with Gasteiger partial charge in [0.25, 0.3) is 5.91 Å². The number of nitrogens with one attached hydrogen (secondary N) is 1. The van der Waals surface area contributed by atoms with Gasteiger partial charge in [0, 0.05) is 38.0 Å². The molecule has 2 atom stereocenters. The average molecular weight is 356 g/mol. The molecule has 1 saturated heterocycles. The highest BCUT2D eigenvalue weighted by Gasteiger charge is 2.46. The highest BCUT2D eigenvalue weighted by molar-refractivity contribution is 5.93. The first-order valence-electron chi connectivity index (χ1n) is 9.43. The first-order valence-corrected chi connectivity index (χ1v) is 9.43. The lowest BCUT2D eigenvalue weighted by Crippen LogP contribution is -2.29. The molecule has 0 unspecified atom stereocenters. The second-order valence-corrected chi connectivity index (χ2v) is 7.87. The average Bonchev–Trinajstić information content (AvgIpc) is 3.55. The fourth-order valence-electron chi connectivity index (χ4n) is 4.17. The first kappa shape index (κ1) is 15.8. The van der Waals surface area contributed by atoms with Crippen molar-refractivity contribution in [2.24, 2.45) is 18.9 Å². The third-order valence-corrected chi connectivity index (χ3v) is 5.96. The molecule has 0 aromatic carbocycles. The lowest BCUT2D eigenvalue weighted by molar-refractivity contribution is 0.0778. The molecule has 8 heteroatoms. The maximum absolute atomic E-state index is 13.0. The summed E-state index contributed by atoms with van der Waals surface area (Å²) in [7, 11) is 3.37. The Morgan fingerprint density at radius 2 is 2.08 bits per heavy atom. The van der Waals surface area contributed by atoms with E-state index in [9.17, 15) is 4.79 Å². The number of methoxy groups -OCH3 is 1. The third-order valence-electron chi connectivity index (χ3n) is 5.96. The van der Waals surface area contributed by atoms with E-state index in [0.29, 0.717) is 35.9 Å². The summed E-state index contributed by atoms with van der Waals surface area (Å²) in [6, 6.07) is 1.71. The molecule has 2 aromatic rings. The van der Waals surface area contributed by atoms with E-state index < -0.39 is 0 Å². The van der Waals surface area contributed by atoms with Gasteiger partial charge in [0.2, 0.25) is 5.88 Å². The van der Waals surface area contributed by atoms with Crippen molar-refractivity contribution in [3.8, 4) is 5.88 Å². The summed E-state index contributed by atoms with van der Waals surface area (Å²) in [5.74, 6) is 4.42. The minimum Gasteiger partial charge on any atom is -0.481 e. The summed E-state index contributed by atoms with van der Waals surface area (Å²) in [4.78, 5) is 19.7. The van der Waals surface area contributed by atoms with E-state index in [-0.39, 0.29) is 11.8 Å². The number of carbonyl (C=O) groups is 1. The number of carbonyl (C=O) groups excluding carboxylic acids is 1. The van der Waals surface area contributed by atoms with E-state index in [1.54, 1.807) is 24.9 Å². The topological polar surface area (TPSA) is 88.9 Å². The van der Waals surface area contributed by atoms with Gasteiger partial charge in [0.1, 0.15) is 5.82 Å². The molecule has 3 heterocycles. The van der Waals surface area contributed by atoms with Crippen LogP contribution in [0.5, 0.6) is 5.88 Å². The van der Waals surface area contributed by atoms with Crippen molar-refractivity contribution >= 4 is 5.91 Å². The van der Waals surface area contributed by atoms with Crippen molar-refractivity contribution in [3.63, 3.8) is 0 Å². The highest BCUT2D eigenvalue weighted by atomic mass is 16.5. The zero-order valence-electron chi connectivity index (χ0n) is 15.2. The Bertz CT molecular complexity index is 835. The zero-order valence-corrected chi connectivity index (χ0v) is 15.2. The maximum atomic E-state index is 13.0. The third kappa shape index (κ3) is 2.68. The van der Waals surface area contributed by atoms with Gasteiger partial charge < -0.3 is 9.64 Å². The summed E-state index contributed by atoms with van der Waals surface area (Å²) in [6.45, 7) is 1.45. The Morgan fingerprint density at radius 3 is 2.73 bits per heavy atom. The van der Waals surface area contributed by atoms with Crippen LogP contribution in [-0.2, 0) is 7.05 Å². The van der Waals surface area contributed by atoms with Crippen LogP contribution in [0.1, 0.15) is 59.7 Å². The van der Waals surface area contributed by atoms with E-state index >= 15 is 0 Å². The summed E-state index contributed by atoms with van der Waals surface area (Å²) in [5, 5.41) is 11.9. The van der Waals surface area contributed by atoms with Crippen molar-refractivity contribution in [1.82, 2.24) is 29.9 Å². The Hall–Kier alpha value is -2.38. The van der Waals surface area contributed by atoms with Gasteiger partial charge in [0.15, 0.2) is 11.5 Å². The summed E-state index contributed by atoms with van der Waals surface area (Å²) >= 11 is 0.